The summed E-state index contributed by atoms with van der Waals surface area (Å²) in [6.07, 6.45) is 0.505. The van der Waals surface area contributed by atoms with E-state index in [2.05, 4.69) is 0 Å². The van der Waals surface area contributed by atoms with Gasteiger partial charge in [-0.1, -0.05) is 12.1 Å². The summed E-state index contributed by atoms with van der Waals surface area (Å²) in [4.78, 5) is 40.8. The predicted octanol–water partition coefficient (Wildman–Crippen LogP) is 2.62. The summed E-state index contributed by atoms with van der Waals surface area (Å²) in [5, 5.41) is 11.9. The van der Waals surface area contributed by atoms with Crippen LogP contribution in [0.15, 0.2) is 30.3 Å². The molecule has 0 saturated carbocycles. The third kappa shape index (κ3) is 4.68. The molecule has 0 spiro atoms. The van der Waals surface area contributed by atoms with Gasteiger partial charge in [0.15, 0.2) is 5.75 Å². The molecule has 11 heteroatoms. The van der Waals surface area contributed by atoms with Crippen LogP contribution in [0, 0.1) is 10.1 Å². The van der Waals surface area contributed by atoms with Crippen LogP contribution in [0.3, 0.4) is 0 Å². The van der Waals surface area contributed by atoms with Crippen molar-refractivity contribution in [1.82, 2.24) is 9.80 Å². The summed E-state index contributed by atoms with van der Waals surface area (Å²) < 4.78 is 21.0. The topological polar surface area (TPSA) is 121 Å². The maximum atomic E-state index is 13.4. The number of ether oxygens (including phenoxy) is 4. The van der Waals surface area contributed by atoms with Gasteiger partial charge in [0.25, 0.3) is 11.8 Å². The Morgan fingerprint density at radius 3 is 1.88 bits per heavy atom. The van der Waals surface area contributed by atoms with Crippen molar-refractivity contribution in [3.8, 4) is 23.0 Å². The van der Waals surface area contributed by atoms with Crippen molar-refractivity contribution in [1.29, 1.82) is 0 Å². The fraction of sp³-hybridized carbons (Fsp3) is 0.391. The van der Waals surface area contributed by atoms with E-state index in [-0.39, 0.29) is 41.8 Å². The van der Waals surface area contributed by atoms with Crippen LogP contribution in [0.5, 0.6) is 23.0 Å². The predicted molar refractivity (Wildman–Crippen MR) is 122 cm³/mol. The molecule has 1 aliphatic rings. The molecule has 3 rings (SSSR count). The minimum atomic E-state index is -0.677. The number of nitrogens with zero attached hydrogens (tertiary/aromatic N) is 3. The van der Waals surface area contributed by atoms with Gasteiger partial charge in [0, 0.05) is 32.2 Å². The first kappa shape index (κ1) is 24.6. The molecule has 0 atom stereocenters. The lowest BCUT2D eigenvalue weighted by Crippen LogP contribution is -2.37. The van der Waals surface area contributed by atoms with Crippen LogP contribution in [0.1, 0.15) is 27.1 Å². The average molecular weight is 473 g/mol. The summed E-state index contributed by atoms with van der Waals surface area (Å²) in [7, 11) is 5.45. The number of benzene rings is 2. The number of para-hydroxylation sites is 1. The van der Waals surface area contributed by atoms with E-state index in [1.165, 1.54) is 39.4 Å². The zero-order valence-electron chi connectivity index (χ0n) is 19.5. The summed E-state index contributed by atoms with van der Waals surface area (Å²) in [5.74, 6) is -0.326. The highest BCUT2D eigenvalue weighted by atomic mass is 16.6. The number of carbonyl (C=O) groups is 2. The molecule has 1 fully saturated rings. The summed E-state index contributed by atoms with van der Waals surface area (Å²) in [6, 6.07) is 8.22. The van der Waals surface area contributed by atoms with E-state index in [0.29, 0.717) is 30.8 Å². The number of hydrogen-bond acceptors (Lipinski definition) is 8. The van der Waals surface area contributed by atoms with Gasteiger partial charge in [0.05, 0.1) is 38.9 Å². The SMILES string of the molecule is COc1ccccc1C(=O)N1CCCN(C(=O)c2cc(OC)c(OC)c(OC)c2[N+](=O)[O-])CC1. The number of amides is 2. The smallest absolute Gasteiger partial charge is 0.327 e. The Bertz CT molecular complexity index is 1090. The van der Waals surface area contributed by atoms with E-state index in [9.17, 15) is 19.7 Å². The molecular formula is C23H27N3O8. The number of methoxy groups -OCH3 is 4. The van der Waals surface area contributed by atoms with Crippen LogP contribution < -0.4 is 18.9 Å². The van der Waals surface area contributed by atoms with Gasteiger partial charge >= 0.3 is 5.69 Å². The maximum absolute atomic E-state index is 13.4. The number of hydrogen-bond donors (Lipinski definition) is 0. The summed E-state index contributed by atoms with van der Waals surface area (Å²) in [5.41, 5.74) is -0.245. The van der Waals surface area contributed by atoms with E-state index in [0.717, 1.165) is 0 Å². The van der Waals surface area contributed by atoms with Crippen LogP contribution in [0.25, 0.3) is 0 Å². The molecule has 0 radical (unpaired) electrons. The first-order chi connectivity index (χ1) is 16.4. The molecule has 0 bridgehead atoms. The molecule has 2 aromatic carbocycles. The second-order valence-electron chi connectivity index (χ2n) is 7.44. The molecule has 2 amide bonds. The molecule has 34 heavy (non-hydrogen) atoms. The molecular weight excluding hydrogens is 446 g/mol. The number of carbonyl (C=O) groups excluding carboxylic acids is 2. The molecule has 1 aliphatic heterocycles. The molecule has 1 heterocycles. The zero-order valence-corrected chi connectivity index (χ0v) is 19.5. The van der Waals surface area contributed by atoms with Crippen LogP contribution in [-0.2, 0) is 0 Å². The van der Waals surface area contributed by atoms with Gasteiger partial charge in [0.1, 0.15) is 11.3 Å². The molecule has 1 saturated heterocycles. The van der Waals surface area contributed by atoms with E-state index in [1.807, 2.05) is 0 Å². The van der Waals surface area contributed by atoms with Crippen molar-refractivity contribution in [2.75, 3.05) is 54.6 Å². The quantitative estimate of drug-likeness (QED) is 0.445. The molecule has 182 valence electrons. The number of nitro benzene ring substituents is 1. The normalized spacial score (nSPS) is 13.6. The molecule has 2 aromatic rings. The highest BCUT2D eigenvalue weighted by molar-refractivity contribution is 6.01. The monoisotopic (exact) mass is 473 g/mol. The Hall–Kier alpha value is -4.02. The van der Waals surface area contributed by atoms with Gasteiger partial charge < -0.3 is 28.7 Å². The summed E-state index contributed by atoms with van der Waals surface area (Å²) in [6.45, 7) is 1.22. The van der Waals surface area contributed by atoms with Gasteiger partial charge in [-0.25, -0.2) is 0 Å². The van der Waals surface area contributed by atoms with Crippen LogP contribution >= 0.6 is 0 Å². The average Bonchev–Trinajstić information content (AvgIpc) is 3.12. The van der Waals surface area contributed by atoms with Crippen LogP contribution in [-0.4, -0.2) is 81.2 Å². The third-order valence-electron chi connectivity index (χ3n) is 5.62. The van der Waals surface area contributed by atoms with Crippen molar-refractivity contribution in [2.45, 2.75) is 6.42 Å². The van der Waals surface area contributed by atoms with E-state index >= 15 is 0 Å². The zero-order chi connectivity index (χ0) is 24.8. The van der Waals surface area contributed by atoms with Gasteiger partial charge in [-0.15, -0.1) is 0 Å². The first-order valence-corrected chi connectivity index (χ1v) is 10.6. The molecule has 0 unspecified atom stereocenters. The second kappa shape index (κ2) is 10.7. The Morgan fingerprint density at radius 2 is 1.35 bits per heavy atom. The second-order valence-corrected chi connectivity index (χ2v) is 7.44. The van der Waals surface area contributed by atoms with E-state index in [1.54, 1.807) is 29.2 Å². The highest BCUT2D eigenvalue weighted by Crippen LogP contribution is 2.46. The fourth-order valence-corrected chi connectivity index (χ4v) is 3.97. The first-order valence-electron chi connectivity index (χ1n) is 10.6. The van der Waals surface area contributed by atoms with E-state index in [4.69, 9.17) is 18.9 Å². The van der Waals surface area contributed by atoms with Gasteiger partial charge in [-0.2, -0.15) is 0 Å². The standard InChI is InChI=1S/C23H27N3O8/c1-31-17-9-6-5-8-15(17)22(27)24-10-7-11-25(13-12-24)23(28)16-14-18(32-2)20(33-3)21(34-4)19(16)26(29)30/h5-6,8-9,14H,7,10-13H2,1-4H3. The minimum absolute atomic E-state index is 0.0256. The van der Waals surface area contributed by atoms with Crippen molar-refractivity contribution in [3.63, 3.8) is 0 Å². The Labute approximate surface area is 196 Å². The van der Waals surface area contributed by atoms with E-state index < -0.39 is 16.5 Å². The third-order valence-corrected chi connectivity index (χ3v) is 5.62. The largest absolute Gasteiger partial charge is 0.496 e. The minimum Gasteiger partial charge on any atom is -0.496 e. The molecule has 0 aromatic heterocycles. The summed E-state index contributed by atoms with van der Waals surface area (Å²) >= 11 is 0. The van der Waals surface area contributed by atoms with Gasteiger partial charge in [-0.3, -0.25) is 19.7 Å². The lowest BCUT2D eigenvalue weighted by Gasteiger charge is -2.23. The molecule has 0 aliphatic carbocycles. The Morgan fingerprint density at radius 1 is 0.794 bits per heavy atom. The molecule has 0 N–H and O–H groups in total. The van der Waals surface area contributed by atoms with Gasteiger partial charge in [-0.05, 0) is 18.6 Å². The van der Waals surface area contributed by atoms with Crippen molar-refractivity contribution < 1.29 is 33.5 Å². The molecule has 11 nitrogen and oxygen atoms in total. The Balaban J connectivity index is 1.89. The maximum Gasteiger partial charge on any atom is 0.327 e. The van der Waals surface area contributed by atoms with Crippen molar-refractivity contribution >= 4 is 17.5 Å². The highest BCUT2D eigenvalue weighted by Gasteiger charge is 2.35. The number of nitro groups is 1. The lowest BCUT2D eigenvalue weighted by molar-refractivity contribution is -0.386. The number of rotatable bonds is 7. The van der Waals surface area contributed by atoms with Crippen LogP contribution in [0.4, 0.5) is 5.69 Å². The van der Waals surface area contributed by atoms with Crippen LogP contribution in [0.2, 0.25) is 0 Å². The van der Waals surface area contributed by atoms with Crippen molar-refractivity contribution in [3.05, 3.63) is 51.6 Å². The van der Waals surface area contributed by atoms with Crippen molar-refractivity contribution in [2.24, 2.45) is 0 Å². The fourth-order valence-electron chi connectivity index (χ4n) is 3.97. The lowest BCUT2D eigenvalue weighted by atomic mass is 10.1. The van der Waals surface area contributed by atoms with Gasteiger partial charge in [0.2, 0.25) is 11.5 Å². The Kier molecular flexibility index (Phi) is 7.77.